The number of benzene rings is 1. The highest BCUT2D eigenvalue weighted by Gasteiger charge is 2.24. The van der Waals surface area contributed by atoms with Crippen molar-refractivity contribution < 1.29 is 18.7 Å². The van der Waals surface area contributed by atoms with Gasteiger partial charge < -0.3 is 18.8 Å². The van der Waals surface area contributed by atoms with E-state index in [4.69, 9.17) is 13.9 Å². The summed E-state index contributed by atoms with van der Waals surface area (Å²) in [5.41, 5.74) is 0.999. The van der Waals surface area contributed by atoms with E-state index < -0.39 is 5.63 Å². The maximum Gasteiger partial charge on any atom is 0.336 e. The molecule has 0 aliphatic carbocycles. The Labute approximate surface area is 173 Å². The molecular weight excluding hydrogens is 386 g/mol. The zero-order chi connectivity index (χ0) is 20.9. The molecule has 1 aliphatic rings. The van der Waals surface area contributed by atoms with Crippen molar-refractivity contribution in [1.29, 1.82) is 0 Å². The highest BCUT2D eigenvalue weighted by atomic mass is 16.5. The molecule has 8 nitrogen and oxygen atoms in total. The Morgan fingerprint density at radius 2 is 1.97 bits per heavy atom. The molecule has 2 aromatic heterocycles. The van der Waals surface area contributed by atoms with Gasteiger partial charge in [-0.2, -0.15) is 0 Å². The van der Waals surface area contributed by atoms with Crippen LogP contribution in [0.15, 0.2) is 51.9 Å². The Bertz CT molecular complexity index is 1080. The number of rotatable bonds is 6. The zero-order valence-corrected chi connectivity index (χ0v) is 16.7. The van der Waals surface area contributed by atoms with E-state index in [1.165, 1.54) is 6.07 Å². The van der Waals surface area contributed by atoms with Gasteiger partial charge in [-0.3, -0.25) is 4.79 Å². The van der Waals surface area contributed by atoms with Gasteiger partial charge in [0.15, 0.2) is 6.61 Å². The third-order valence-electron chi connectivity index (χ3n) is 5.15. The van der Waals surface area contributed by atoms with Gasteiger partial charge in [0.25, 0.3) is 5.91 Å². The topological polar surface area (TPSA) is 94.8 Å². The van der Waals surface area contributed by atoms with E-state index in [0.29, 0.717) is 43.3 Å². The SMILES string of the molecule is CCc1cc(=O)oc2cc(OCC(=O)N3CCC(Oc4ncccn4)CC3)ccc12. The van der Waals surface area contributed by atoms with Crippen LogP contribution in [-0.2, 0) is 11.2 Å². The lowest BCUT2D eigenvalue weighted by Gasteiger charge is -2.31. The number of aromatic nitrogens is 2. The predicted molar refractivity (Wildman–Crippen MR) is 110 cm³/mol. The monoisotopic (exact) mass is 409 g/mol. The van der Waals surface area contributed by atoms with Crippen LogP contribution in [0.1, 0.15) is 25.3 Å². The summed E-state index contributed by atoms with van der Waals surface area (Å²) < 4.78 is 16.7. The average molecular weight is 409 g/mol. The molecule has 0 saturated carbocycles. The summed E-state index contributed by atoms with van der Waals surface area (Å²) in [5, 5.41) is 0.875. The number of amides is 1. The van der Waals surface area contributed by atoms with Gasteiger partial charge in [-0.15, -0.1) is 0 Å². The first-order valence-corrected chi connectivity index (χ1v) is 10.0. The fraction of sp³-hybridized carbons (Fsp3) is 0.364. The van der Waals surface area contributed by atoms with Crippen LogP contribution in [0.4, 0.5) is 0 Å². The largest absolute Gasteiger partial charge is 0.484 e. The number of fused-ring (bicyclic) bond motifs is 1. The Kier molecular flexibility index (Phi) is 5.92. The molecule has 8 heteroatoms. The van der Waals surface area contributed by atoms with Gasteiger partial charge in [0.1, 0.15) is 17.4 Å². The summed E-state index contributed by atoms with van der Waals surface area (Å²) in [4.78, 5) is 34.1. The zero-order valence-electron chi connectivity index (χ0n) is 16.7. The van der Waals surface area contributed by atoms with E-state index in [9.17, 15) is 9.59 Å². The van der Waals surface area contributed by atoms with E-state index in [-0.39, 0.29) is 18.6 Å². The minimum atomic E-state index is -0.390. The first-order valence-electron chi connectivity index (χ1n) is 10.0. The fourth-order valence-corrected chi connectivity index (χ4v) is 3.55. The summed E-state index contributed by atoms with van der Waals surface area (Å²) in [6.45, 7) is 3.09. The van der Waals surface area contributed by atoms with E-state index >= 15 is 0 Å². The molecule has 1 amide bonds. The Morgan fingerprint density at radius 3 is 2.70 bits per heavy atom. The second-order valence-corrected chi connectivity index (χ2v) is 7.12. The van der Waals surface area contributed by atoms with Gasteiger partial charge in [0.2, 0.25) is 0 Å². The second kappa shape index (κ2) is 8.94. The smallest absolute Gasteiger partial charge is 0.336 e. The van der Waals surface area contributed by atoms with Crippen molar-refractivity contribution in [2.45, 2.75) is 32.3 Å². The molecule has 1 aromatic carbocycles. The molecule has 0 atom stereocenters. The molecule has 0 bridgehead atoms. The van der Waals surface area contributed by atoms with Crippen molar-refractivity contribution in [2.24, 2.45) is 0 Å². The normalized spacial score (nSPS) is 14.6. The third-order valence-corrected chi connectivity index (χ3v) is 5.15. The van der Waals surface area contributed by atoms with E-state index in [0.717, 1.165) is 17.4 Å². The van der Waals surface area contributed by atoms with Gasteiger partial charge in [-0.05, 0) is 30.2 Å². The van der Waals surface area contributed by atoms with Crippen molar-refractivity contribution >= 4 is 16.9 Å². The van der Waals surface area contributed by atoms with Crippen LogP contribution in [-0.4, -0.2) is 46.6 Å². The van der Waals surface area contributed by atoms with E-state index in [2.05, 4.69) is 9.97 Å². The highest BCUT2D eigenvalue weighted by Crippen LogP contribution is 2.23. The number of piperidine rings is 1. The molecule has 156 valence electrons. The molecule has 1 saturated heterocycles. The van der Waals surface area contributed by atoms with Crippen LogP contribution in [0, 0.1) is 0 Å². The Morgan fingerprint density at radius 1 is 1.20 bits per heavy atom. The number of hydrogen-bond donors (Lipinski definition) is 0. The Balaban J connectivity index is 1.31. The standard InChI is InChI=1S/C22H23N3O5/c1-2-15-12-21(27)30-19-13-17(4-5-18(15)19)28-14-20(26)25-10-6-16(7-11-25)29-22-23-8-3-9-24-22/h3-5,8-9,12-13,16H,2,6-7,10-11,14H2,1H3. The molecule has 0 spiro atoms. The van der Waals surface area contributed by atoms with Gasteiger partial charge in [-0.25, -0.2) is 14.8 Å². The van der Waals surface area contributed by atoms with Crippen LogP contribution in [0.5, 0.6) is 11.8 Å². The van der Waals surface area contributed by atoms with Gasteiger partial charge in [0, 0.05) is 55.8 Å². The summed E-state index contributed by atoms with van der Waals surface area (Å²) in [5.74, 6) is 0.403. The summed E-state index contributed by atoms with van der Waals surface area (Å²) in [6.07, 6.45) is 5.43. The van der Waals surface area contributed by atoms with Gasteiger partial charge in [-0.1, -0.05) is 6.92 Å². The van der Waals surface area contributed by atoms with Crippen molar-refractivity contribution in [3.8, 4) is 11.8 Å². The lowest BCUT2D eigenvalue weighted by molar-refractivity contribution is -0.135. The molecule has 4 rings (SSSR count). The lowest BCUT2D eigenvalue weighted by Crippen LogP contribution is -2.43. The molecule has 3 heterocycles. The molecular formula is C22H23N3O5. The van der Waals surface area contributed by atoms with Crippen LogP contribution in [0.2, 0.25) is 0 Å². The number of nitrogens with zero attached hydrogens (tertiary/aromatic N) is 3. The first kappa shape index (κ1) is 19.9. The minimum Gasteiger partial charge on any atom is -0.484 e. The van der Waals surface area contributed by atoms with Crippen molar-refractivity contribution in [3.05, 3.63) is 58.7 Å². The van der Waals surface area contributed by atoms with Crippen molar-refractivity contribution in [3.63, 3.8) is 0 Å². The molecule has 1 fully saturated rings. The van der Waals surface area contributed by atoms with Crippen LogP contribution < -0.4 is 15.1 Å². The summed E-state index contributed by atoms with van der Waals surface area (Å²) in [6, 6.07) is 8.90. The quantitative estimate of drug-likeness (QED) is 0.578. The number of aryl methyl sites for hydroxylation is 1. The second-order valence-electron chi connectivity index (χ2n) is 7.12. The predicted octanol–water partition coefficient (Wildman–Crippen LogP) is 2.59. The van der Waals surface area contributed by atoms with E-state index in [1.807, 2.05) is 13.0 Å². The molecule has 0 radical (unpaired) electrons. The number of likely N-dealkylation sites (tertiary alicyclic amines) is 1. The first-order chi connectivity index (χ1) is 14.6. The van der Waals surface area contributed by atoms with Crippen molar-refractivity contribution in [2.75, 3.05) is 19.7 Å². The minimum absolute atomic E-state index is 0.00600. The van der Waals surface area contributed by atoms with Crippen LogP contribution in [0.3, 0.4) is 0 Å². The fourth-order valence-electron chi connectivity index (χ4n) is 3.55. The maximum atomic E-state index is 12.5. The molecule has 0 unspecified atom stereocenters. The van der Waals surface area contributed by atoms with Gasteiger partial charge >= 0.3 is 11.6 Å². The lowest BCUT2D eigenvalue weighted by atomic mass is 10.1. The summed E-state index contributed by atoms with van der Waals surface area (Å²) >= 11 is 0. The molecule has 1 aliphatic heterocycles. The number of hydrogen-bond acceptors (Lipinski definition) is 7. The number of carbonyl (C=O) groups excluding carboxylic acids is 1. The molecule has 30 heavy (non-hydrogen) atoms. The number of carbonyl (C=O) groups is 1. The summed E-state index contributed by atoms with van der Waals surface area (Å²) in [7, 11) is 0. The Hall–Kier alpha value is -3.42. The average Bonchev–Trinajstić information content (AvgIpc) is 2.77. The van der Waals surface area contributed by atoms with Crippen LogP contribution >= 0.6 is 0 Å². The highest BCUT2D eigenvalue weighted by molar-refractivity contribution is 5.82. The molecule has 3 aromatic rings. The third kappa shape index (κ3) is 4.59. The van der Waals surface area contributed by atoms with Crippen molar-refractivity contribution in [1.82, 2.24) is 14.9 Å². The maximum absolute atomic E-state index is 12.5. The number of ether oxygens (including phenoxy) is 2. The van der Waals surface area contributed by atoms with Gasteiger partial charge in [0.05, 0.1) is 0 Å². The van der Waals surface area contributed by atoms with E-state index in [1.54, 1.807) is 35.5 Å². The van der Waals surface area contributed by atoms with Crippen LogP contribution in [0.25, 0.3) is 11.0 Å². The molecule has 0 N–H and O–H groups in total.